The number of rotatable bonds is 12. The SMILES string of the molecule is C[C@H](CCC(=O)NCCC[N+](C)(C)CCCS(=O)(=O)[O-])[C@H]1CCC2C3C(O)C[C@@H]4C[C@H](O)CC[C@]4(C)C3C[C@H](O)[C@@]21C. The molecule has 0 aromatic rings. The Morgan fingerprint density at radius 3 is 2.40 bits per heavy atom. The van der Waals surface area contributed by atoms with Crippen LogP contribution in [0.5, 0.6) is 0 Å². The minimum Gasteiger partial charge on any atom is -0.748 e. The van der Waals surface area contributed by atoms with Crippen LogP contribution in [0.3, 0.4) is 0 Å². The van der Waals surface area contributed by atoms with Gasteiger partial charge in [0.2, 0.25) is 5.91 Å². The van der Waals surface area contributed by atoms with Gasteiger partial charge in [-0.2, -0.15) is 0 Å². The molecule has 11 atom stereocenters. The van der Waals surface area contributed by atoms with Crippen molar-refractivity contribution in [2.75, 3.05) is 39.5 Å². The molecule has 4 fully saturated rings. The summed E-state index contributed by atoms with van der Waals surface area (Å²) in [6, 6.07) is 0. The molecule has 0 spiro atoms. The number of fused-ring (bicyclic) bond motifs is 5. The molecule has 9 nitrogen and oxygen atoms in total. The van der Waals surface area contributed by atoms with Gasteiger partial charge in [0.05, 0.1) is 55.6 Å². The lowest BCUT2D eigenvalue weighted by atomic mass is 9.43. The van der Waals surface area contributed by atoms with Crippen LogP contribution in [0.25, 0.3) is 0 Å². The largest absolute Gasteiger partial charge is 0.748 e. The highest BCUT2D eigenvalue weighted by Gasteiger charge is 2.65. The topological polar surface area (TPSA) is 147 Å². The molecule has 0 heterocycles. The van der Waals surface area contributed by atoms with Crippen molar-refractivity contribution in [2.24, 2.45) is 46.3 Å². The molecule has 244 valence electrons. The van der Waals surface area contributed by atoms with Gasteiger partial charge in [-0.3, -0.25) is 4.79 Å². The summed E-state index contributed by atoms with van der Waals surface area (Å²) in [5.74, 6) is 1.38. The number of carbonyl (C=O) groups excluding carboxylic acids is 1. The van der Waals surface area contributed by atoms with Crippen molar-refractivity contribution >= 4 is 16.0 Å². The number of hydrogen-bond donors (Lipinski definition) is 4. The Labute approximate surface area is 254 Å². The molecule has 4 rings (SSSR count). The van der Waals surface area contributed by atoms with Crippen LogP contribution in [-0.2, 0) is 14.9 Å². The number of nitrogens with one attached hydrogen (secondary N) is 1. The fourth-order valence-corrected chi connectivity index (χ4v) is 10.8. The Morgan fingerprint density at radius 1 is 1.02 bits per heavy atom. The zero-order chi connectivity index (χ0) is 31.1. The number of quaternary nitrogens is 1. The van der Waals surface area contributed by atoms with E-state index in [9.17, 15) is 33.1 Å². The second-order valence-corrected chi connectivity index (χ2v) is 17.3. The third-order valence-corrected chi connectivity index (χ3v) is 13.6. The zero-order valence-corrected chi connectivity index (χ0v) is 27.4. The molecule has 0 aromatic carbocycles. The highest BCUT2D eigenvalue weighted by atomic mass is 32.2. The summed E-state index contributed by atoms with van der Waals surface area (Å²) in [5.41, 5.74) is -0.191. The molecule has 0 saturated heterocycles. The first-order valence-corrected chi connectivity index (χ1v) is 18.1. The molecule has 1 amide bonds. The van der Waals surface area contributed by atoms with Crippen molar-refractivity contribution in [3.63, 3.8) is 0 Å². The first-order valence-electron chi connectivity index (χ1n) is 16.5. The molecular weight excluding hydrogens is 556 g/mol. The van der Waals surface area contributed by atoms with Gasteiger partial charge in [-0.05, 0) is 97.7 Å². The third kappa shape index (κ3) is 7.20. The van der Waals surface area contributed by atoms with E-state index in [0.29, 0.717) is 48.2 Å². The molecule has 4 unspecified atom stereocenters. The van der Waals surface area contributed by atoms with E-state index < -0.39 is 16.2 Å². The van der Waals surface area contributed by atoms with Gasteiger partial charge in [-0.15, -0.1) is 0 Å². The Morgan fingerprint density at radius 2 is 1.71 bits per heavy atom. The van der Waals surface area contributed by atoms with Crippen molar-refractivity contribution in [3.8, 4) is 0 Å². The molecule has 0 radical (unpaired) electrons. The Hall–Kier alpha value is -0.780. The monoisotopic (exact) mass is 614 g/mol. The van der Waals surface area contributed by atoms with Crippen LogP contribution in [0.1, 0.15) is 91.4 Å². The molecule has 10 heteroatoms. The molecule has 4 aliphatic carbocycles. The van der Waals surface area contributed by atoms with Crippen LogP contribution in [-0.4, -0.2) is 96.5 Å². The average molecular weight is 615 g/mol. The quantitative estimate of drug-likeness (QED) is 0.150. The minimum absolute atomic E-state index is 0.0368. The van der Waals surface area contributed by atoms with Crippen molar-refractivity contribution in [2.45, 2.75) is 110 Å². The maximum absolute atomic E-state index is 12.7. The van der Waals surface area contributed by atoms with Crippen LogP contribution in [0.2, 0.25) is 0 Å². The van der Waals surface area contributed by atoms with Gasteiger partial charge in [-0.1, -0.05) is 20.8 Å². The maximum Gasteiger partial charge on any atom is 0.220 e. The normalized spacial score (nSPS) is 41.0. The van der Waals surface area contributed by atoms with E-state index in [4.69, 9.17) is 0 Å². The number of amides is 1. The highest BCUT2D eigenvalue weighted by molar-refractivity contribution is 7.85. The zero-order valence-electron chi connectivity index (χ0n) is 26.6. The number of carbonyl (C=O) groups is 1. The van der Waals surface area contributed by atoms with Crippen molar-refractivity contribution in [1.82, 2.24) is 5.32 Å². The minimum atomic E-state index is -4.18. The summed E-state index contributed by atoms with van der Waals surface area (Å²) in [6.07, 6.45) is 7.35. The number of aliphatic hydroxyl groups is 3. The van der Waals surface area contributed by atoms with Crippen LogP contribution < -0.4 is 5.32 Å². The van der Waals surface area contributed by atoms with Crippen LogP contribution in [0.15, 0.2) is 0 Å². The molecule has 4 aliphatic rings. The summed E-state index contributed by atoms with van der Waals surface area (Å²) in [4.78, 5) is 12.7. The standard InChI is InChI=1S/C32H58N2O7S/c1-21(8-11-29(38)33-14-6-15-34(4,5)16-7-17-42(39,40)41)24-9-10-25-30-26(20-28(37)32(24,25)3)31(2)13-12-23(35)18-22(31)19-27(30)36/h21-28,30,35-37H,6-20H2,1-5H3,(H-,33,38,39,40,41)/t21-,22+,23-,24-,25?,26?,27?,28+,30?,31+,32-/m1/s1. The van der Waals surface area contributed by atoms with Gasteiger partial charge in [0.15, 0.2) is 0 Å². The molecule has 4 N–H and O–H groups in total. The summed E-state index contributed by atoms with van der Waals surface area (Å²) < 4.78 is 33.1. The van der Waals surface area contributed by atoms with Crippen molar-refractivity contribution in [1.29, 1.82) is 0 Å². The van der Waals surface area contributed by atoms with Gasteiger partial charge in [0.1, 0.15) is 0 Å². The predicted molar refractivity (Wildman–Crippen MR) is 161 cm³/mol. The van der Waals surface area contributed by atoms with Crippen LogP contribution in [0, 0.1) is 46.3 Å². The van der Waals surface area contributed by atoms with Crippen LogP contribution in [0.4, 0.5) is 0 Å². The Kier molecular flexibility index (Phi) is 10.5. The fraction of sp³-hybridized carbons (Fsp3) is 0.969. The summed E-state index contributed by atoms with van der Waals surface area (Å²) >= 11 is 0. The van der Waals surface area contributed by atoms with E-state index in [1.54, 1.807) is 0 Å². The second-order valence-electron chi connectivity index (χ2n) is 15.7. The molecule has 42 heavy (non-hydrogen) atoms. The van der Waals surface area contributed by atoms with Crippen LogP contribution >= 0.6 is 0 Å². The van der Waals surface area contributed by atoms with E-state index >= 15 is 0 Å². The van der Waals surface area contributed by atoms with Gasteiger partial charge < -0.3 is 29.7 Å². The number of aliphatic hydroxyl groups excluding tert-OH is 3. The maximum atomic E-state index is 12.7. The average Bonchev–Trinajstić information content (AvgIpc) is 3.24. The van der Waals surface area contributed by atoms with Gasteiger partial charge in [-0.25, -0.2) is 8.42 Å². The summed E-state index contributed by atoms with van der Waals surface area (Å²) in [5, 5.41) is 36.6. The second kappa shape index (κ2) is 12.9. The summed E-state index contributed by atoms with van der Waals surface area (Å²) in [7, 11) is -0.177. The first-order chi connectivity index (χ1) is 19.5. The highest BCUT2D eigenvalue weighted by Crippen LogP contribution is 2.68. The lowest BCUT2D eigenvalue weighted by Gasteiger charge is -2.63. The molecule has 0 bridgehead atoms. The molecule has 4 saturated carbocycles. The lowest BCUT2D eigenvalue weighted by Crippen LogP contribution is -2.62. The smallest absolute Gasteiger partial charge is 0.220 e. The van der Waals surface area contributed by atoms with E-state index in [1.165, 1.54) is 0 Å². The Balaban J connectivity index is 1.27. The molecule has 0 aliphatic heterocycles. The third-order valence-electron chi connectivity index (χ3n) is 12.8. The van der Waals surface area contributed by atoms with E-state index in [2.05, 4.69) is 26.1 Å². The lowest BCUT2D eigenvalue weighted by molar-refractivity contribution is -0.890. The van der Waals surface area contributed by atoms with Gasteiger partial charge >= 0.3 is 0 Å². The summed E-state index contributed by atoms with van der Waals surface area (Å²) in [6.45, 7) is 8.78. The van der Waals surface area contributed by atoms with E-state index in [0.717, 1.165) is 64.3 Å². The predicted octanol–water partition coefficient (Wildman–Crippen LogP) is 2.88. The van der Waals surface area contributed by atoms with Crippen molar-refractivity contribution < 1.29 is 37.6 Å². The van der Waals surface area contributed by atoms with E-state index in [-0.39, 0.29) is 52.5 Å². The number of hydrogen-bond acceptors (Lipinski definition) is 7. The molecular formula is C32H58N2O7S. The van der Waals surface area contributed by atoms with Gasteiger partial charge in [0, 0.05) is 31.6 Å². The molecule has 0 aromatic heterocycles. The van der Waals surface area contributed by atoms with E-state index in [1.807, 2.05) is 14.1 Å². The fourth-order valence-electron chi connectivity index (χ4n) is 10.3. The number of nitrogens with zero attached hydrogens (tertiary/aromatic N) is 1. The Bertz CT molecular complexity index is 1050. The van der Waals surface area contributed by atoms with Gasteiger partial charge in [0.25, 0.3) is 0 Å². The first kappa shape index (κ1) is 34.1. The van der Waals surface area contributed by atoms with Crippen molar-refractivity contribution in [3.05, 3.63) is 0 Å².